The largest absolute Gasteiger partial charge is 0.378 e. The highest BCUT2D eigenvalue weighted by Gasteiger charge is 2.22. The molecule has 1 aromatic heterocycles. The number of carbonyl (C=O) groups excluding carboxylic acids is 3. The topological polar surface area (TPSA) is 104 Å². The van der Waals surface area contributed by atoms with Gasteiger partial charge in [0.05, 0.1) is 11.3 Å². The molecule has 3 amide bonds. The molecule has 2 N–H and O–H groups in total. The van der Waals surface area contributed by atoms with Gasteiger partial charge in [-0.1, -0.05) is 24.8 Å². The highest BCUT2D eigenvalue weighted by Crippen LogP contribution is 2.30. The third kappa shape index (κ3) is 7.52. The van der Waals surface area contributed by atoms with Crippen molar-refractivity contribution in [2.24, 2.45) is 7.05 Å². The molecule has 5 rings (SSSR count). The molecule has 0 unspecified atom stereocenters. The first-order valence-electron chi connectivity index (χ1n) is 15.8. The lowest BCUT2D eigenvalue weighted by Crippen LogP contribution is -2.36. The van der Waals surface area contributed by atoms with Gasteiger partial charge >= 0.3 is 0 Å². The fourth-order valence-electron chi connectivity index (χ4n) is 5.91. The molecule has 47 heavy (non-hydrogen) atoms. The van der Waals surface area contributed by atoms with Crippen LogP contribution in [0.25, 0.3) is 11.1 Å². The fraction of sp³-hybridized carbons (Fsp3) is 0.263. The van der Waals surface area contributed by atoms with Crippen LogP contribution in [0.2, 0.25) is 0 Å². The highest BCUT2D eigenvalue weighted by molar-refractivity contribution is 6.07. The van der Waals surface area contributed by atoms with Crippen molar-refractivity contribution in [3.8, 4) is 11.1 Å². The minimum Gasteiger partial charge on any atom is -0.378 e. The van der Waals surface area contributed by atoms with Crippen molar-refractivity contribution in [1.29, 1.82) is 0 Å². The number of hydrogen-bond donors (Lipinski definition) is 2. The maximum absolute atomic E-state index is 13.4. The van der Waals surface area contributed by atoms with E-state index in [2.05, 4.69) is 17.2 Å². The van der Waals surface area contributed by atoms with Crippen molar-refractivity contribution < 1.29 is 14.4 Å². The number of carbonyl (C=O) groups is 3. The number of rotatable bonds is 9. The summed E-state index contributed by atoms with van der Waals surface area (Å²) < 4.78 is 1.55. The molecule has 0 radical (unpaired) electrons. The first-order valence-corrected chi connectivity index (χ1v) is 15.8. The summed E-state index contributed by atoms with van der Waals surface area (Å²) in [4.78, 5) is 55.9. The van der Waals surface area contributed by atoms with Crippen LogP contribution in [-0.4, -0.2) is 54.4 Å². The molecular weight excluding hydrogens is 590 g/mol. The lowest BCUT2D eigenvalue weighted by Gasteiger charge is -2.27. The molecule has 0 atom stereocenters. The van der Waals surface area contributed by atoms with E-state index in [-0.39, 0.29) is 23.8 Å². The van der Waals surface area contributed by atoms with Gasteiger partial charge in [-0.15, -0.1) is 0 Å². The van der Waals surface area contributed by atoms with Crippen LogP contribution in [0.1, 0.15) is 56.7 Å². The highest BCUT2D eigenvalue weighted by atomic mass is 16.2. The van der Waals surface area contributed by atoms with Crippen LogP contribution in [0.3, 0.4) is 0 Å². The van der Waals surface area contributed by atoms with Crippen molar-refractivity contribution in [3.63, 3.8) is 0 Å². The summed E-state index contributed by atoms with van der Waals surface area (Å²) in [6, 6.07) is 20.3. The van der Waals surface area contributed by atoms with Crippen molar-refractivity contribution in [3.05, 3.63) is 124 Å². The van der Waals surface area contributed by atoms with Gasteiger partial charge < -0.3 is 25.0 Å². The zero-order valence-corrected chi connectivity index (χ0v) is 27.4. The summed E-state index contributed by atoms with van der Waals surface area (Å²) >= 11 is 0. The Kier molecular flexibility index (Phi) is 10.0. The Bertz CT molecular complexity index is 1890. The van der Waals surface area contributed by atoms with Gasteiger partial charge in [0.25, 0.3) is 17.4 Å². The monoisotopic (exact) mass is 631 g/mol. The molecule has 1 aliphatic rings. The Hall–Kier alpha value is -5.44. The van der Waals surface area contributed by atoms with Crippen LogP contribution in [0.15, 0.2) is 90.4 Å². The zero-order valence-electron chi connectivity index (χ0n) is 27.4. The summed E-state index contributed by atoms with van der Waals surface area (Å²) in [6.45, 7) is 6.86. The van der Waals surface area contributed by atoms with Gasteiger partial charge in [-0.25, -0.2) is 0 Å². The van der Waals surface area contributed by atoms with Gasteiger partial charge in [-0.05, 0) is 103 Å². The molecule has 4 aromatic rings. The minimum absolute atomic E-state index is 0.124. The second-order valence-corrected chi connectivity index (χ2v) is 12.1. The number of likely N-dealkylation sites (tertiary alicyclic amines) is 1. The van der Waals surface area contributed by atoms with Gasteiger partial charge in [0.2, 0.25) is 5.91 Å². The van der Waals surface area contributed by atoms with E-state index in [4.69, 9.17) is 0 Å². The minimum atomic E-state index is -0.416. The van der Waals surface area contributed by atoms with E-state index in [0.717, 1.165) is 47.2 Å². The van der Waals surface area contributed by atoms with Crippen molar-refractivity contribution in [1.82, 2.24) is 9.47 Å². The molecule has 0 aliphatic carbocycles. The van der Waals surface area contributed by atoms with Crippen LogP contribution in [0.4, 0.5) is 17.1 Å². The van der Waals surface area contributed by atoms with Gasteiger partial charge in [0, 0.05) is 69.4 Å². The van der Waals surface area contributed by atoms with Crippen LogP contribution >= 0.6 is 0 Å². The summed E-state index contributed by atoms with van der Waals surface area (Å²) in [6.07, 6.45) is 6.25. The number of benzene rings is 3. The van der Waals surface area contributed by atoms with E-state index in [9.17, 15) is 19.2 Å². The molecule has 1 aliphatic heterocycles. The number of piperidine rings is 1. The molecule has 0 bridgehead atoms. The third-order valence-electron chi connectivity index (χ3n) is 8.59. The molecule has 1 fully saturated rings. The fourth-order valence-corrected chi connectivity index (χ4v) is 5.91. The van der Waals surface area contributed by atoms with E-state index < -0.39 is 5.91 Å². The number of nitrogens with one attached hydrogen (secondary N) is 2. The molecule has 9 heteroatoms. The number of anilines is 3. The lowest BCUT2D eigenvalue weighted by molar-refractivity contribution is -0.111. The van der Waals surface area contributed by atoms with Gasteiger partial charge in [0.15, 0.2) is 0 Å². The number of pyridine rings is 1. The van der Waals surface area contributed by atoms with Gasteiger partial charge in [-0.2, -0.15) is 0 Å². The van der Waals surface area contributed by atoms with E-state index in [1.165, 1.54) is 6.08 Å². The van der Waals surface area contributed by atoms with E-state index in [1.54, 1.807) is 42.1 Å². The molecule has 0 spiro atoms. The Morgan fingerprint density at radius 1 is 0.915 bits per heavy atom. The van der Waals surface area contributed by atoms with Crippen molar-refractivity contribution >= 4 is 34.8 Å². The number of hydrogen-bond acceptors (Lipinski definition) is 5. The molecule has 3 aromatic carbocycles. The van der Waals surface area contributed by atoms with E-state index in [0.29, 0.717) is 41.2 Å². The number of amides is 3. The third-order valence-corrected chi connectivity index (χ3v) is 8.59. The second kappa shape index (κ2) is 14.3. The molecule has 9 nitrogen and oxygen atoms in total. The molecule has 0 saturated carbocycles. The Morgan fingerprint density at radius 3 is 2.32 bits per heavy atom. The van der Waals surface area contributed by atoms with Crippen LogP contribution in [0, 0.1) is 6.92 Å². The molecule has 2 heterocycles. The first kappa shape index (κ1) is 32.9. The average Bonchev–Trinajstić information content (AvgIpc) is 3.07. The Balaban J connectivity index is 1.43. The zero-order chi connectivity index (χ0) is 33.7. The summed E-state index contributed by atoms with van der Waals surface area (Å²) in [5.74, 6) is -0.749. The quantitative estimate of drug-likeness (QED) is 0.220. The number of aryl methyl sites for hydroxylation is 1. The van der Waals surface area contributed by atoms with E-state index in [1.807, 2.05) is 73.3 Å². The smallest absolute Gasteiger partial charge is 0.255 e. The average molecular weight is 632 g/mol. The number of aromatic nitrogens is 1. The predicted octanol–water partition coefficient (Wildman–Crippen LogP) is 6.02. The summed E-state index contributed by atoms with van der Waals surface area (Å²) in [5, 5.41) is 5.83. The van der Waals surface area contributed by atoms with Crippen LogP contribution in [-0.2, 0) is 18.3 Å². The van der Waals surface area contributed by atoms with Crippen LogP contribution < -0.4 is 21.1 Å². The molecule has 1 saturated heterocycles. The SMILES string of the molecule is C=CC(=O)Nc1cc(Cc2cc(-c3cccc(NC(=O)c4ccc(N(C)C)cc4)c3C)cn(C)c2=O)ccc1C(=O)N1CCCCC1. The predicted molar refractivity (Wildman–Crippen MR) is 188 cm³/mol. The summed E-state index contributed by atoms with van der Waals surface area (Å²) in [5.41, 5.74) is 6.78. The maximum Gasteiger partial charge on any atom is 0.255 e. The first-order chi connectivity index (χ1) is 22.5. The standard InChI is InChI=1S/C38H41N5O4/c1-6-35(44)39-34-22-26(13-18-32(34)38(47)43-19-8-7-9-20-43)21-28-23-29(24-42(5)37(28)46)31-11-10-12-33(25(31)2)40-36(45)27-14-16-30(17-15-27)41(3)4/h6,10-18,22-24H,1,7-9,19-21H2,2-5H3,(H,39,44)(H,40,45). The van der Waals surface area contributed by atoms with Crippen molar-refractivity contribution in [2.45, 2.75) is 32.6 Å². The number of nitrogens with zero attached hydrogens (tertiary/aromatic N) is 3. The molecular formula is C38H41N5O4. The Labute approximate surface area is 275 Å². The summed E-state index contributed by atoms with van der Waals surface area (Å²) in [7, 11) is 5.61. The Morgan fingerprint density at radius 2 is 1.64 bits per heavy atom. The normalized spacial score (nSPS) is 12.7. The van der Waals surface area contributed by atoms with Gasteiger partial charge in [-0.3, -0.25) is 19.2 Å². The maximum atomic E-state index is 13.4. The van der Waals surface area contributed by atoms with Crippen LogP contribution in [0.5, 0.6) is 0 Å². The lowest BCUT2D eigenvalue weighted by atomic mass is 9.96. The van der Waals surface area contributed by atoms with E-state index >= 15 is 0 Å². The van der Waals surface area contributed by atoms with Crippen molar-refractivity contribution in [2.75, 3.05) is 42.7 Å². The second-order valence-electron chi connectivity index (χ2n) is 12.1. The molecule has 242 valence electrons. The van der Waals surface area contributed by atoms with Gasteiger partial charge in [0.1, 0.15) is 0 Å².